The van der Waals surface area contributed by atoms with Crippen molar-refractivity contribution in [3.63, 3.8) is 0 Å². The van der Waals surface area contributed by atoms with Gasteiger partial charge < -0.3 is 29.3 Å². The lowest BCUT2D eigenvalue weighted by Crippen LogP contribution is -2.36. The van der Waals surface area contributed by atoms with Crippen LogP contribution in [0.1, 0.15) is 77.5 Å². The topological polar surface area (TPSA) is 121 Å². The highest BCUT2D eigenvalue weighted by Gasteiger charge is 2.18. The van der Waals surface area contributed by atoms with Crippen molar-refractivity contribution in [1.29, 1.82) is 5.26 Å². The molecule has 324 valence electrons. The molecular formula is C52H60N4O6. The first-order valence-corrected chi connectivity index (χ1v) is 21.7. The number of nitrogens with one attached hydrogen (secondary N) is 1. The van der Waals surface area contributed by atoms with Crippen LogP contribution in [0.4, 0.5) is 4.79 Å². The maximum atomic E-state index is 13.6. The van der Waals surface area contributed by atoms with Gasteiger partial charge in [-0.05, 0) is 97.0 Å². The number of hydrogen-bond acceptors (Lipinski definition) is 7. The number of nitriles is 1. The zero-order valence-corrected chi connectivity index (χ0v) is 36.2. The Bertz CT molecular complexity index is 2170. The fourth-order valence-electron chi connectivity index (χ4n) is 6.88. The van der Waals surface area contributed by atoms with Crippen molar-refractivity contribution >= 4 is 17.9 Å². The van der Waals surface area contributed by atoms with Gasteiger partial charge in [-0.15, -0.1) is 0 Å². The minimum Gasteiger partial charge on any atom is -0.485 e. The van der Waals surface area contributed by atoms with Crippen LogP contribution in [0.5, 0.6) is 11.5 Å². The molecule has 0 spiro atoms. The molecule has 1 N–H and O–H groups in total. The molecule has 0 aliphatic carbocycles. The van der Waals surface area contributed by atoms with Crippen molar-refractivity contribution in [3.05, 3.63) is 166 Å². The van der Waals surface area contributed by atoms with Gasteiger partial charge >= 0.3 is 6.09 Å². The molecule has 5 aromatic carbocycles. The van der Waals surface area contributed by atoms with E-state index in [1.165, 1.54) is 11.1 Å². The second-order valence-electron chi connectivity index (χ2n) is 15.5. The smallest absolute Gasteiger partial charge is 0.410 e. The number of rotatable bonds is 25. The van der Waals surface area contributed by atoms with Crippen molar-refractivity contribution in [2.45, 2.75) is 85.0 Å². The predicted molar refractivity (Wildman–Crippen MR) is 242 cm³/mol. The number of benzene rings is 5. The van der Waals surface area contributed by atoms with E-state index in [1.807, 2.05) is 109 Å². The summed E-state index contributed by atoms with van der Waals surface area (Å²) in [6.45, 7) is 7.16. The van der Waals surface area contributed by atoms with Crippen LogP contribution in [0.2, 0.25) is 0 Å². The van der Waals surface area contributed by atoms with Gasteiger partial charge in [0.15, 0.2) is 11.5 Å². The highest BCUT2D eigenvalue weighted by atomic mass is 16.6. The van der Waals surface area contributed by atoms with Crippen LogP contribution < -0.4 is 14.8 Å². The van der Waals surface area contributed by atoms with Gasteiger partial charge in [0.2, 0.25) is 11.8 Å². The van der Waals surface area contributed by atoms with E-state index >= 15 is 0 Å². The Balaban J connectivity index is 1.12. The minimum absolute atomic E-state index is 0.0229. The Hall–Kier alpha value is -6.60. The number of hydrogen-bond donors (Lipinski definition) is 1. The molecule has 5 rings (SSSR count). The van der Waals surface area contributed by atoms with Gasteiger partial charge in [0.05, 0.1) is 12.5 Å². The molecule has 0 unspecified atom stereocenters. The molecule has 0 radical (unpaired) electrons. The third-order valence-corrected chi connectivity index (χ3v) is 10.7. The number of unbranched alkanes of at least 4 members (excludes halogenated alkanes) is 1. The number of ether oxygens (including phenoxy) is 3. The molecule has 3 amide bonds. The number of nitrogens with zero attached hydrogens (tertiary/aromatic N) is 3. The fourth-order valence-corrected chi connectivity index (χ4v) is 6.88. The average molecular weight is 837 g/mol. The molecule has 0 saturated heterocycles. The van der Waals surface area contributed by atoms with Crippen LogP contribution in [0.15, 0.2) is 127 Å². The lowest BCUT2D eigenvalue weighted by Gasteiger charge is -2.24. The van der Waals surface area contributed by atoms with E-state index in [-0.39, 0.29) is 31.3 Å². The lowest BCUT2D eigenvalue weighted by atomic mass is 10.0. The van der Waals surface area contributed by atoms with E-state index in [1.54, 1.807) is 9.80 Å². The summed E-state index contributed by atoms with van der Waals surface area (Å²) in [5.41, 5.74) is 7.50. The molecule has 10 heteroatoms. The summed E-state index contributed by atoms with van der Waals surface area (Å²) < 4.78 is 18.1. The van der Waals surface area contributed by atoms with E-state index in [0.717, 1.165) is 27.8 Å². The maximum Gasteiger partial charge on any atom is 0.410 e. The second kappa shape index (κ2) is 25.9. The molecule has 10 nitrogen and oxygen atoms in total. The van der Waals surface area contributed by atoms with Gasteiger partial charge in [-0.1, -0.05) is 115 Å². The molecule has 0 atom stereocenters. The van der Waals surface area contributed by atoms with Gasteiger partial charge in [0, 0.05) is 45.6 Å². The van der Waals surface area contributed by atoms with Gasteiger partial charge in [0.25, 0.3) is 0 Å². The maximum absolute atomic E-state index is 13.6. The summed E-state index contributed by atoms with van der Waals surface area (Å²) in [6.07, 6.45) is 3.47. The summed E-state index contributed by atoms with van der Waals surface area (Å²) in [7, 11) is 0. The van der Waals surface area contributed by atoms with Crippen molar-refractivity contribution in [2.24, 2.45) is 0 Å². The summed E-state index contributed by atoms with van der Waals surface area (Å²) >= 11 is 0. The lowest BCUT2D eigenvalue weighted by molar-refractivity contribution is -0.131. The summed E-state index contributed by atoms with van der Waals surface area (Å²) in [5, 5.41) is 12.4. The Morgan fingerprint density at radius 2 is 1.11 bits per heavy atom. The first-order valence-electron chi connectivity index (χ1n) is 21.7. The quantitative estimate of drug-likeness (QED) is 0.0582. The average Bonchev–Trinajstić information content (AvgIpc) is 3.30. The Kier molecular flexibility index (Phi) is 19.4. The van der Waals surface area contributed by atoms with E-state index in [0.29, 0.717) is 96.0 Å². The van der Waals surface area contributed by atoms with E-state index in [2.05, 4.69) is 43.4 Å². The van der Waals surface area contributed by atoms with Crippen molar-refractivity contribution < 1.29 is 28.6 Å². The zero-order chi connectivity index (χ0) is 43.8. The van der Waals surface area contributed by atoms with Crippen LogP contribution in [-0.2, 0) is 47.0 Å². The molecule has 5 aromatic rings. The predicted octanol–water partition coefficient (Wildman–Crippen LogP) is 9.69. The SMILES string of the molecule is Cc1ccc(CCC(=O)NCCCN(CCCCN(CCC#N)C(=O)CCc2ccc(OCc3ccccc3)c(OCc3ccccc3)c2)C(=O)OCc2ccccc2)cc1C. The summed E-state index contributed by atoms with van der Waals surface area (Å²) in [4.78, 5) is 43.0. The minimum atomic E-state index is -0.420. The number of carbonyl (C=O) groups excluding carboxylic acids is 3. The van der Waals surface area contributed by atoms with Crippen LogP contribution in [0, 0.1) is 25.2 Å². The zero-order valence-electron chi connectivity index (χ0n) is 36.2. The summed E-state index contributed by atoms with van der Waals surface area (Å²) in [6, 6.07) is 43.7. The first kappa shape index (κ1) is 46.5. The molecule has 0 aliphatic heterocycles. The third kappa shape index (κ3) is 16.5. The molecule has 0 aromatic heterocycles. The van der Waals surface area contributed by atoms with Crippen molar-refractivity contribution in [2.75, 3.05) is 32.7 Å². The molecule has 0 fully saturated rings. The van der Waals surface area contributed by atoms with E-state index in [9.17, 15) is 19.6 Å². The van der Waals surface area contributed by atoms with Crippen LogP contribution in [0.25, 0.3) is 0 Å². The normalized spacial score (nSPS) is 10.7. The summed E-state index contributed by atoms with van der Waals surface area (Å²) in [5.74, 6) is 1.18. The van der Waals surface area contributed by atoms with Gasteiger partial charge in [0.1, 0.15) is 19.8 Å². The molecule has 62 heavy (non-hydrogen) atoms. The van der Waals surface area contributed by atoms with Crippen molar-refractivity contribution in [1.82, 2.24) is 15.1 Å². The molecular weight excluding hydrogens is 777 g/mol. The fraction of sp³-hybridized carbons (Fsp3) is 0.346. The number of amides is 3. The Morgan fingerprint density at radius 3 is 1.74 bits per heavy atom. The van der Waals surface area contributed by atoms with Crippen LogP contribution in [-0.4, -0.2) is 60.4 Å². The van der Waals surface area contributed by atoms with Gasteiger partial charge in [-0.25, -0.2) is 4.79 Å². The van der Waals surface area contributed by atoms with E-state index < -0.39 is 6.09 Å². The number of carbonyl (C=O) groups is 3. The first-order chi connectivity index (χ1) is 30.3. The Morgan fingerprint density at radius 1 is 0.565 bits per heavy atom. The van der Waals surface area contributed by atoms with Crippen LogP contribution in [0.3, 0.4) is 0 Å². The molecule has 0 saturated carbocycles. The number of aryl methyl sites for hydroxylation is 4. The Labute approximate surface area is 367 Å². The molecule has 0 heterocycles. The molecule has 0 bridgehead atoms. The highest BCUT2D eigenvalue weighted by Crippen LogP contribution is 2.31. The standard InChI is InChI=1S/C52H60N4O6/c1-41-22-23-43(36-42(41)2)25-28-50(57)54-31-15-35-56(52(59)62-40-47-20-10-5-11-21-47)33-13-12-32-55(34-14-30-53)51(58)29-26-44-24-27-48(60-38-45-16-6-3-7-17-45)49(37-44)61-39-46-18-8-4-9-19-46/h3-11,16-24,27,36-37H,12-15,25-26,28-29,31-35,38-40H2,1-2H3,(H,54,57). The van der Waals surface area contributed by atoms with Gasteiger partial charge in [-0.2, -0.15) is 5.26 Å². The van der Waals surface area contributed by atoms with Crippen molar-refractivity contribution in [3.8, 4) is 17.6 Å². The second-order valence-corrected chi connectivity index (χ2v) is 15.5. The third-order valence-electron chi connectivity index (χ3n) is 10.7. The van der Waals surface area contributed by atoms with Crippen LogP contribution >= 0.6 is 0 Å². The highest BCUT2D eigenvalue weighted by molar-refractivity contribution is 5.77. The van der Waals surface area contributed by atoms with E-state index in [4.69, 9.17) is 14.2 Å². The largest absolute Gasteiger partial charge is 0.485 e. The molecule has 0 aliphatic rings. The van der Waals surface area contributed by atoms with Gasteiger partial charge in [-0.3, -0.25) is 9.59 Å². The monoisotopic (exact) mass is 836 g/mol.